The van der Waals surface area contributed by atoms with Gasteiger partial charge in [-0.25, -0.2) is 9.18 Å². The van der Waals surface area contributed by atoms with Crippen molar-refractivity contribution in [1.29, 1.82) is 5.26 Å². The number of halogens is 3. The number of pyridine rings is 1. The maximum absolute atomic E-state index is 15.3. The van der Waals surface area contributed by atoms with Crippen LogP contribution >= 0.6 is 27.5 Å². The predicted molar refractivity (Wildman–Crippen MR) is 106 cm³/mol. The first-order valence-electron chi connectivity index (χ1n) is 7.89. The molecule has 0 aliphatic heterocycles. The quantitative estimate of drug-likeness (QED) is 0.471. The van der Waals surface area contributed by atoms with Gasteiger partial charge >= 0.3 is 5.69 Å². The van der Waals surface area contributed by atoms with Crippen molar-refractivity contribution >= 4 is 38.6 Å². The first-order chi connectivity index (χ1) is 13.5. The molecule has 2 aromatic heterocycles. The van der Waals surface area contributed by atoms with E-state index in [1.54, 1.807) is 12.1 Å². The minimum atomic E-state index is -0.757. The van der Waals surface area contributed by atoms with Crippen molar-refractivity contribution < 1.29 is 9.13 Å². The van der Waals surface area contributed by atoms with Crippen LogP contribution in [0.2, 0.25) is 5.02 Å². The summed E-state index contributed by atoms with van der Waals surface area (Å²) in [7, 11) is 0. The molecular formula is C19H9BrClFN4O2. The summed E-state index contributed by atoms with van der Waals surface area (Å²) in [6.07, 6.45) is 2.99. The molecule has 4 rings (SSSR count). The molecule has 6 nitrogen and oxygen atoms in total. The van der Waals surface area contributed by atoms with Crippen LogP contribution in [0.1, 0.15) is 5.56 Å². The van der Waals surface area contributed by atoms with Gasteiger partial charge in [-0.1, -0.05) is 11.6 Å². The Labute approximate surface area is 170 Å². The van der Waals surface area contributed by atoms with Gasteiger partial charge in [-0.05, 0) is 52.3 Å². The zero-order chi connectivity index (χ0) is 19.8. The average Bonchev–Trinajstić information content (AvgIpc) is 3.00. The number of ether oxygens (including phenoxy) is 1. The molecule has 2 heterocycles. The SMILES string of the molecule is N#Cc1cc(Cl)cc(Oc2ccc(Br)c(-n3c(=O)[nH]c4cnccc43)c2F)c1. The molecule has 0 saturated carbocycles. The Balaban J connectivity index is 1.88. The van der Waals surface area contributed by atoms with Gasteiger partial charge in [-0.2, -0.15) is 5.26 Å². The highest BCUT2D eigenvalue weighted by Crippen LogP contribution is 2.35. The molecule has 2 aromatic carbocycles. The summed E-state index contributed by atoms with van der Waals surface area (Å²) in [6, 6.07) is 10.9. The molecule has 0 unspecified atom stereocenters. The third kappa shape index (κ3) is 3.15. The van der Waals surface area contributed by atoms with Crippen molar-refractivity contribution in [1.82, 2.24) is 14.5 Å². The van der Waals surface area contributed by atoms with E-state index in [1.165, 1.54) is 41.2 Å². The van der Waals surface area contributed by atoms with Crippen molar-refractivity contribution in [3.05, 3.63) is 80.2 Å². The number of nitrogens with zero attached hydrogens (tertiary/aromatic N) is 3. The number of aromatic nitrogens is 3. The molecule has 0 radical (unpaired) electrons. The number of fused-ring (bicyclic) bond motifs is 1. The van der Waals surface area contributed by atoms with E-state index in [9.17, 15) is 4.79 Å². The van der Waals surface area contributed by atoms with E-state index >= 15 is 4.39 Å². The molecule has 0 fully saturated rings. The summed E-state index contributed by atoms with van der Waals surface area (Å²) in [5.41, 5.74) is 0.683. The average molecular weight is 460 g/mol. The highest BCUT2D eigenvalue weighted by Gasteiger charge is 2.20. The van der Waals surface area contributed by atoms with Crippen LogP contribution in [0.3, 0.4) is 0 Å². The maximum Gasteiger partial charge on any atom is 0.331 e. The van der Waals surface area contributed by atoms with Crippen molar-refractivity contribution in [2.75, 3.05) is 0 Å². The van der Waals surface area contributed by atoms with Gasteiger partial charge in [0.05, 0.1) is 28.9 Å². The summed E-state index contributed by atoms with van der Waals surface area (Å²) in [5, 5.41) is 9.34. The number of H-pyrrole nitrogens is 1. The van der Waals surface area contributed by atoms with Gasteiger partial charge in [0, 0.05) is 15.7 Å². The van der Waals surface area contributed by atoms with Crippen LogP contribution in [0.15, 0.2) is 58.1 Å². The predicted octanol–water partition coefficient (Wildman–Crippen LogP) is 4.93. The third-order valence-corrected chi connectivity index (χ3v) is 4.83. The number of benzene rings is 2. The monoisotopic (exact) mass is 458 g/mol. The molecule has 0 atom stereocenters. The van der Waals surface area contributed by atoms with E-state index in [0.29, 0.717) is 15.5 Å². The molecule has 0 spiro atoms. The maximum atomic E-state index is 15.3. The molecule has 138 valence electrons. The van der Waals surface area contributed by atoms with E-state index in [1.807, 2.05) is 6.07 Å². The van der Waals surface area contributed by atoms with E-state index in [2.05, 4.69) is 25.9 Å². The normalized spacial score (nSPS) is 10.8. The van der Waals surface area contributed by atoms with E-state index in [-0.39, 0.29) is 27.8 Å². The Morgan fingerprint density at radius 2 is 2.11 bits per heavy atom. The van der Waals surface area contributed by atoms with Crippen LogP contribution in [0, 0.1) is 17.1 Å². The van der Waals surface area contributed by atoms with Crippen molar-refractivity contribution in [2.45, 2.75) is 0 Å². The summed E-state index contributed by atoms with van der Waals surface area (Å²) < 4.78 is 22.5. The first kappa shape index (κ1) is 18.2. The second kappa shape index (κ2) is 7.11. The highest BCUT2D eigenvalue weighted by molar-refractivity contribution is 9.10. The topological polar surface area (TPSA) is 83.7 Å². The summed E-state index contributed by atoms with van der Waals surface area (Å²) in [4.78, 5) is 19.0. The number of imidazole rings is 1. The summed E-state index contributed by atoms with van der Waals surface area (Å²) in [6.45, 7) is 0. The Morgan fingerprint density at radius 1 is 1.29 bits per heavy atom. The van der Waals surface area contributed by atoms with Gasteiger partial charge in [-0.15, -0.1) is 0 Å². The lowest BCUT2D eigenvalue weighted by molar-refractivity contribution is 0.440. The first-order valence-corrected chi connectivity index (χ1v) is 9.06. The summed E-state index contributed by atoms with van der Waals surface area (Å²) >= 11 is 9.26. The summed E-state index contributed by atoms with van der Waals surface area (Å²) in [5.74, 6) is -0.681. The Kier molecular flexibility index (Phi) is 4.63. The van der Waals surface area contributed by atoms with Gasteiger partial charge in [0.2, 0.25) is 0 Å². The molecule has 0 amide bonds. The van der Waals surface area contributed by atoms with E-state index < -0.39 is 11.5 Å². The van der Waals surface area contributed by atoms with E-state index in [4.69, 9.17) is 21.6 Å². The van der Waals surface area contributed by atoms with Gasteiger partial charge < -0.3 is 9.72 Å². The van der Waals surface area contributed by atoms with Crippen LogP contribution in [0.25, 0.3) is 16.7 Å². The Morgan fingerprint density at radius 3 is 2.89 bits per heavy atom. The van der Waals surface area contributed by atoms with E-state index in [0.717, 1.165) is 0 Å². The molecule has 1 N–H and O–H groups in total. The molecule has 4 aromatic rings. The highest BCUT2D eigenvalue weighted by atomic mass is 79.9. The zero-order valence-electron chi connectivity index (χ0n) is 13.9. The van der Waals surface area contributed by atoms with Gasteiger partial charge in [-0.3, -0.25) is 9.55 Å². The third-order valence-electron chi connectivity index (χ3n) is 3.97. The minimum absolute atomic E-state index is 0.0116. The largest absolute Gasteiger partial charge is 0.454 e. The Bertz CT molecular complexity index is 1330. The lowest BCUT2D eigenvalue weighted by Gasteiger charge is -2.13. The van der Waals surface area contributed by atoms with Crippen molar-refractivity contribution in [2.24, 2.45) is 0 Å². The molecule has 0 aliphatic carbocycles. The standard InChI is InChI=1S/C19H9BrClFN4O2/c20-13-1-2-16(28-12-6-10(8-23)5-11(21)7-12)17(22)18(13)26-15-3-4-24-9-14(15)25-19(26)27/h1-7,9H,(H,25,27). The fraction of sp³-hybridized carbons (Fsp3) is 0. The zero-order valence-corrected chi connectivity index (χ0v) is 16.3. The second-order valence-corrected chi connectivity index (χ2v) is 7.05. The molecule has 0 saturated heterocycles. The molecule has 28 heavy (non-hydrogen) atoms. The minimum Gasteiger partial charge on any atom is -0.454 e. The van der Waals surface area contributed by atoms with Crippen molar-refractivity contribution in [3.63, 3.8) is 0 Å². The lowest BCUT2D eigenvalue weighted by atomic mass is 10.2. The second-order valence-electron chi connectivity index (χ2n) is 5.76. The molecule has 9 heteroatoms. The van der Waals surface area contributed by atoms with Gasteiger partial charge in [0.25, 0.3) is 0 Å². The van der Waals surface area contributed by atoms with Crippen LogP contribution in [-0.2, 0) is 0 Å². The fourth-order valence-corrected chi connectivity index (χ4v) is 3.51. The number of nitriles is 1. The lowest BCUT2D eigenvalue weighted by Crippen LogP contribution is -2.16. The number of nitrogens with one attached hydrogen (secondary N) is 1. The number of aromatic amines is 1. The molecule has 0 aliphatic rings. The van der Waals surface area contributed by atoms with Crippen LogP contribution in [-0.4, -0.2) is 14.5 Å². The van der Waals surface area contributed by atoms with Crippen molar-refractivity contribution in [3.8, 4) is 23.3 Å². The Hall–Kier alpha value is -3.15. The van der Waals surface area contributed by atoms with Crippen LogP contribution < -0.4 is 10.4 Å². The van der Waals surface area contributed by atoms with Crippen LogP contribution in [0.4, 0.5) is 4.39 Å². The molecular weight excluding hydrogens is 451 g/mol. The van der Waals surface area contributed by atoms with Gasteiger partial charge in [0.1, 0.15) is 11.4 Å². The number of rotatable bonds is 3. The van der Waals surface area contributed by atoms with Gasteiger partial charge in [0.15, 0.2) is 11.6 Å². The number of hydrogen-bond donors (Lipinski definition) is 1. The smallest absolute Gasteiger partial charge is 0.331 e. The van der Waals surface area contributed by atoms with Crippen LogP contribution in [0.5, 0.6) is 11.5 Å². The fourth-order valence-electron chi connectivity index (χ4n) is 2.80. The molecule has 0 bridgehead atoms. The number of hydrogen-bond acceptors (Lipinski definition) is 4.